The molecule has 0 spiro atoms. The quantitative estimate of drug-likeness (QED) is 0.896. The Balaban J connectivity index is 1.59. The van der Waals surface area contributed by atoms with E-state index < -0.39 is 0 Å². The van der Waals surface area contributed by atoms with Gasteiger partial charge in [-0.05, 0) is 12.8 Å². The summed E-state index contributed by atoms with van der Waals surface area (Å²) in [5.74, 6) is 0.746. The predicted octanol–water partition coefficient (Wildman–Crippen LogP) is 2.33. The summed E-state index contributed by atoms with van der Waals surface area (Å²) >= 11 is 1.82. The van der Waals surface area contributed by atoms with Crippen molar-refractivity contribution in [1.82, 2.24) is 10.3 Å². The molecule has 1 aromatic heterocycles. The van der Waals surface area contributed by atoms with Crippen LogP contribution in [0.25, 0.3) is 0 Å². The van der Waals surface area contributed by atoms with E-state index in [1.54, 1.807) is 0 Å². The second-order valence-electron chi connectivity index (χ2n) is 5.08. The maximum atomic E-state index is 5.48. The van der Waals surface area contributed by atoms with Gasteiger partial charge in [-0.15, -0.1) is 11.3 Å². The van der Waals surface area contributed by atoms with Crippen LogP contribution in [0.5, 0.6) is 0 Å². The highest BCUT2D eigenvalue weighted by Crippen LogP contribution is 2.34. The predicted molar refractivity (Wildman–Crippen MR) is 69.6 cm³/mol. The Kier molecular flexibility index (Phi) is 3.74. The van der Waals surface area contributed by atoms with Gasteiger partial charge in [0.2, 0.25) is 0 Å². The average molecular weight is 252 g/mol. The van der Waals surface area contributed by atoms with Crippen molar-refractivity contribution < 1.29 is 4.74 Å². The third-order valence-corrected chi connectivity index (χ3v) is 4.65. The monoisotopic (exact) mass is 252 g/mol. The highest BCUT2D eigenvalue weighted by atomic mass is 32.1. The van der Waals surface area contributed by atoms with E-state index in [-0.39, 0.29) is 0 Å². The fraction of sp³-hybridized carbons (Fsp3) is 0.769. The Morgan fingerprint density at radius 3 is 3.06 bits per heavy atom. The summed E-state index contributed by atoms with van der Waals surface area (Å²) in [7, 11) is 0. The maximum absolute atomic E-state index is 5.48. The molecule has 1 aliphatic carbocycles. The SMILES string of the molecule is c1sc(CC2COCCN2)nc1C1CCCC1. The van der Waals surface area contributed by atoms with Gasteiger partial charge in [-0.1, -0.05) is 12.8 Å². The minimum Gasteiger partial charge on any atom is -0.379 e. The summed E-state index contributed by atoms with van der Waals surface area (Å²) in [6, 6.07) is 0.464. The molecule has 0 radical (unpaired) electrons. The van der Waals surface area contributed by atoms with Gasteiger partial charge in [0, 0.05) is 30.3 Å². The minimum absolute atomic E-state index is 0.464. The molecule has 2 aliphatic rings. The molecule has 1 N–H and O–H groups in total. The second-order valence-corrected chi connectivity index (χ2v) is 6.02. The molecule has 3 nitrogen and oxygen atoms in total. The smallest absolute Gasteiger partial charge is 0.0944 e. The maximum Gasteiger partial charge on any atom is 0.0944 e. The van der Waals surface area contributed by atoms with Crippen molar-refractivity contribution in [3.63, 3.8) is 0 Å². The van der Waals surface area contributed by atoms with Gasteiger partial charge >= 0.3 is 0 Å². The van der Waals surface area contributed by atoms with Crippen LogP contribution in [0, 0.1) is 0 Å². The third-order valence-electron chi connectivity index (χ3n) is 3.76. The number of hydrogen-bond acceptors (Lipinski definition) is 4. The first kappa shape index (κ1) is 11.6. The molecular formula is C13H20N2OS. The Morgan fingerprint density at radius 2 is 2.29 bits per heavy atom. The van der Waals surface area contributed by atoms with E-state index in [2.05, 4.69) is 10.7 Å². The van der Waals surface area contributed by atoms with E-state index >= 15 is 0 Å². The van der Waals surface area contributed by atoms with Gasteiger partial charge in [-0.3, -0.25) is 0 Å². The van der Waals surface area contributed by atoms with Crippen molar-refractivity contribution in [2.45, 2.75) is 44.1 Å². The molecule has 1 aliphatic heterocycles. The Labute approximate surface area is 107 Å². The van der Waals surface area contributed by atoms with Crippen molar-refractivity contribution in [2.75, 3.05) is 19.8 Å². The fourth-order valence-electron chi connectivity index (χ4n) is 2.79. The lowest BCUT2D eigenvalue weighted by atomic mass is 10.1. The Bertz CT molecular complexity index is 354. The first-order valence-electron chi connectivity index (χ1n) is 6.67. The van der Waals surface area contributed by atoms with Gasteiger partial charge < -0.3 is 10.1 Å². The Hall–Kier alpha value is -0.450. The van der Waals surface area contributed by atoms with Crippen LogP contribution in [-0.2, 0) is 11.2 Å². The summed E-state index contributed by atoms with van der Waals surface area (Å²) in [5, 5.41) is 7.03. The van der Waals surface area contributed by atoms with Gasteiger partial charge in [0.1, 0.15) is 0 Å². The first-order valence-corrected chi connectivity index (χ1v) is 7.55. The van der Waals surface area contributed by atoms with Crippen LogP contribution < -0.4 is 5.32 Å². The molecule has 17 heavy (non-hydrogen) atoms. The lowest BCUT2D eigenvalue weighted by molar-refractivity contribution is 0.0770. The zero-order valence-corrected chi connectivity index (χ0v) is 11.0. The number of aromatic nitrogens is 1. The molecule has 1 saturated heterocycles. The van der Waals surface area contributed by atoms with Crippen LogP contribution in [-0.4, -0.2) is 30.8 Å². The number of morpholine rings is 1. The van der Waals surface area contributed by atoms with Gasteiger partial charge in [0.25, 0.3) is 0 Å². The normalized spacial score (nSPS) is 26.5. The largest absolute Gasteiger partial charge is 0.379 e. The van der Waals surface area contributed by atoms with Gasteiger partial charge in [0.15, 0.2) is 0 Å². The standard InChI is InChI=1S/C13H20N2OS/c1-2-4-10(3-1)12-9-17-13(15-12)7-11-8-16-6-5-14-11/h9-11,14H,1-8H2. The van der Waals surface area contributed by atoms with E-state index in [9.17, 15) is 0 Å². The molecule has 4 heteroatoms. The molecule has 0 bridgehead atoms. The average Bonchev–Trinajstić information content (AvgIpc) is 3.00. The second kappa shape index (κ2) is 5.46. The molecule has 1 aromatic rings. The molecular weight excluding hydrogens is 232 g/mol. The van der Waals surface area contributed by atoms with E-state index in [1.165, 1.54) is 36.4 Å². The molecule has 1 saturated carbocycles. The van der Waals surface area contributed by atoms with Crippen LogP contribution in [0.4, 0.5) is 0 Å². The zero-order valence-electron chi connectivity index (χ0n) is 10.2. The lowest BCUT2D eigenvalue weighted by Gasteiger charge is -2.22. The van der Waals surface area contributed by atoms with Gasteiger partial charge in [-0.2, -0.15) is 0 Å². The topological polar surface area (TPSA) is 34.1 Å². The van der Waals surface area contributed by atoms with Crippen LogP contribution in [0.3, 0.4) is 0 Å². The fourth-order valence-corrected chi connectivity index (χ4v) is 3.75. The van der Waals surface area contributed by atoms with E-state index in [0.29, 0.717) is 6.04 Å². The summed E-state index contributed by atoms with van der Waals surface area (Å²) in [5.41, 5.74) is 1.35. The Morgan fingerprint density at radius 1 is 1.41 bits per heavy atom. The highest BCUT2D eigenvalue weighted by molar-refractivity contribution is 7.09. The molecule has 1 atom stereocenters. The highest BCUT2D eigenvalue weighted by Gasteiger charge is 2.21. The third kappa shape index (κ3) is 2.87. The van der Waals surface area contributed by atoms with Crippen LogP contribution >= 0.6 is 11.3 Å². The summed E-state index contributed by atoms with van der Waals surface area (Å²) in [6.07, 6.45) is 6.48. The molecule has 3 rings (SSSR count). The van der Waals surface area contributed by atoms with E-state index in [0.717, 1.165) is 32.1 Å². The van der Waals surface area contributed by atoms with Crippen molar-refractivity contribution in [1.29, 1.82) is 0 Å². The first-order chi connectivity index (χ1) is 8.42. The van der Waals surface area contributed by atoms with Crippen molar-refractivity contribution >= 4 is 11.3 Å². The van der Waals surface area contributed by atoms with Crippen molar-refractivity contribution in [2.24, 2.45) is 0 Å². The van der Waals surface area contributed by atoms with Gasteiger partial charge in [0.05, 0.1) is 23.9 Å². The van der Waals surface area contributed by atoms with Gasteiger partial charge in [-0.25, -0.2) is 4.98 Å². The number of hydrogen-bond donors (Lipinski definition) is 1. The number of nitrogens with zero attached hydrogens (tertiary/aromatic N) is 1. The lowest BCUT2D eigenvalue weighted by Crippen LogP contribution is -2.42. The van der Waals surface area contributed by atoms with Crippen LogP contribution in [0.1, 0.15) is 42.3 Å². The zero-order chi connectivity index (χ0) is 11.5. The van der Waals surface area contributed by atoms with E-state index in [4.69, 9.17) is 9.72 Å². The molecule has 2 fully saturated rings. The van der Waals surface area contributed by atoms with Crippen LogP contribution in [0.2, 0.25) is 0 Å². The number of thiazole rings is 1. The molecule has 0 aromatic carbocycles. The number of ether oxygens (including phenoxy) is 1. The molecule has 0 amide bonds. The number of nitrogens with one attached hydrogen (secondary N) is 1. The van der Waals surface area contributed by atoms with Crippen LogP contribution in [0.15, 0.2) is 5.38 Å². The van der Waals surface area contributed by atoms with E-state index in [1.807, 2.05) is 11.3 Å². The van der Waals surface area contributed by atoms with Crippen molar-refractivity contribution in [3.05, 3.63) is 16.1 Å². The molecule has 1 unspecified atom stereocenters. The molecule has 94 valence electrons. The summed E-state index contributed by atoms with van der Waals surface area (Å²) in [4.78, 5) is 4.81. The minimum atomic E-state index is 0.464. The number of rotatable bonds is 3. The van der Waals surface area contributed by atoms with Crippen molar-refractivity contribution in [3.8, 4) is 0 Å². The summed E-state index contributed by atoms with van der Waals surface area (Å²) in [6.45, 7) is 2.66. The summed E-state index contributed by atoms with van der Waals surface area (Å²) < 4.78 is 5.48. The molecule has 2 heterocycles.